The molecule has 0 unspecified atom stereocenters. The Morgan fingerprint density at radius 1 is 0.969 bits per heavy atom. The number of benzene rings is 3. The van der Waals surface area contributed by atoms with Crippen molar-refractivity contribution in [2.75, 3.05) is 7.11 Å². The van der Waals surface area contributed by atoms with Crippen LogP contribution in [0.25, 0.3) is 6.08 Å². The lowest BCUT2D eigenvalue weighted by Crippen LogP contribution is -2.01. The molecule has 0 radical (unpaired) electrons. The van der Waals surface area contributed by atoms with Crippen molar-refractivity contribution in [1.82, 2.24) is 0 Å². The first-order chi connectivity index (χ1) is 15.5. The van der Waals surface area contributed by atoms with Gasteiger partial charge in [-0.3, -0.25) is 4.79 Å². The van der Waals surface area contributed by atoms with Gasteiger partial charge in [-0.2, -0.15) is 0 Å². The number of rotatable bonds is 10. The number of allylic oxidation sites excluding steroid dienone is 2. The molecular formula is C29H30O3. The zero-order valence-corrected chi connectivity index (χ0v) is 19.0. The second kappa shape index (κ2) is 11.1. The molecule has 3 heteroatoms. The number of para-hydroxylation sites is 1. The van der Waals surface area contributed by atoms with E-state index >= 15 is 0 Å². The van der Waals surface area contributed by atoms with E-state index in [1.54, 1.807) is 13.2 Å². The molecule has 0 saturated heterocycles. The summed E-state index contributed by atoms with van der Waals surface area (Å²) in [5.41, 5.74) is 4.82. The highest BCUT2D eigenvalue weighted by Crippen LogP contribution is 2.25. The third-order valence-electron chi connectivity index (χ3n) is 5.31. The van der Waals surface area contributed by atoms with Crippen LogP contribution in [0.3, 0.4) is 0 Å². The van der Waals surface area contributed by atoms with E-state index in [-0.39, 0.29) is 5.78 Å². The van der Waals surface area contributed by atoms with Crippen molar-refractivity contribution >= 4 is 11.9 Å². The van der Waals surface area contributed by atoms with Crippen molar-refractivity contribution in [3.05, 3.63) is 113 Å². The van der Waals surface area contributed by atoms with Crippen LogP contribution < -0.4 is 9.47 Å². The van der Waals surface area contributed by atoms with Crippen molar-refractivity contribution in [2.45, 2.75) is 32.8 Å². The van der Waals surface area contributed by atoms with Gasteiger partial charge in [-0.15, -0.1) is 6.58 Å². The van der Waals surface area contributed by atoms with Gasteiger partial charge >= 0.3 is 0 Å². The van der Waals surface area contributed by atoms with Gasteiger partial charge in [-0.25, -0.2) is 0 Å². The largest absolute Gasteiger partial charge is 0.496 e. The normalized spacial score (nSPS) is 11.0. The Labute approximate surface area is 191 Å². The third-order valence-corrected chi connectivity index (χ3v) is 5.31. The van der Waals surface area contributed by atoms with E-state index in [1.165, 1.54) is 5.56 Å². The number of carbonyl (C=O) groups excluding carboxylic acids is 1. The molecule has 0 bridgehead atoms. The van der Waals surface area contributed by atoms with Crippen molar-refractivity contribution in [3.8, 4) is 11.5 Å². The van der Waals surface area contributed by atoms with Crippen molar-refractivity contribution in [3.63, 3.8) is 0 Å². The zero-order chi connectivity index (χ0) is 22.9. The predicted molar refractivity (Wildman–Crippen MR) is 132 cm³/mol. The van der Waals surface area contributed by atoms with E-state index in [1.807, 2.05) is 78.9 Å². The Morgan fingerprint density at radius 2 is 1.72 bits per heavy atom. The average Bonchev–Trinajstić information content (AvgIpc) is 2.82. The van der Waals surface area contributed by atoms with Crippen LogP contribution in [0.15, 0.2) is 85.5 Å². The first-order valence-corrected chi connectivity index (χ1v) is 10.8. The quantitative estimate of drug-likeness (QED) is 0.198. The highest BCUT2D eigenvalue weighted by atomic mass is 16.5. The number of hydrogen-bond donors (Lipinski definition) is 0. The van der Waals surface area contributed by atoms with Crippen LogP contribution in [0.4, 0.5) is 0 Å². The molecule has 3 rings (SSSR count). The fourth-order valence-corrected chi connectivity index (χ4v) is 3.44. The van der Waals surface area contributed by atoms with E-state index in [9.17, 15) is 4.79 Å². The maximum absolute atomic E-state index is 12.6. The average molecular weight is 427 g/mol. The standard InChI is InChI=1S/C29H30O3/c1-5-8-25-9-6-7-10-29(25)32-20-26-19-22(12-18-28(26)31-4)11-17-27(30)24-15-13-23(14-16-24)21(2)3/h5-7,9-19,21H,1,8,20H2,2-4H3/b17-11+. The lowest BCUT2D eigenvalue weighted by atomic mass is 10.00. The van der Waals surface area contributed by atoms with Crippen LogP contribution in [0.2, 0.25) is 0 Å². The molecule has 0 aromatic heterocycles. The number of ether oxygens (including phenoxy) is 2. The Bertz CT molecular complexity index is 1090. The first kappa shape index (κ1) is 23.1. The van der Waals surface area contributed by atoms with Crippen molar-refractivity contribution in [1.29, 1.82) is 0 Å². The molecule has 0 N–H and O–H groups in total. The van der Waals surface area contributed by atoms with E-state index in [2.05, 4.69) is 20.4 Å². The summed E-state index contributed by atoms with van der Waals surface area (Å²) in [4.78, 5) is 12.6. The zero-order valence-electron chi connectivity index (χ0n) is 19.0. The van der Waals surface area contributed by atoms with Gasteiger partial charge in [-0.1, -0.05) is 74.5 Å². The van der Waals surface area contributed by atoms with E-state index in [0.29, 0.717) is 18.1 Å². The SMILES string of the molecule is C=CCc1ccccc1OCc1cc(/C=C/C(=O)c2ccc(C(C)C)cc2)ccc1OC. The maximum atomic E-state index is 12.6. The number of ketones is 1. The lowest BCUT2D eigenvalue weighted by molar-refractivity contribution is 0.104. The molecule has 0 saturated carbocycles. The second-order valence-corrected chi connectivity index (χ2v) is 7.93. The summed E-state index contributed by atoms with van der Waals surface area (Å²) >= 11 is 0. The Balaban J connectivity index is 1.74. The molecule has 0 aliphatic heterocycles. The summed E-state index contributed by atoms with van der Waals surface area (Å²) in [6.07, 6.45) is 6.04. The van der Waals surface area contributed by atoms with Gasteiger partial charge in [0, 0.05) is 11.1 Å². The smallest absolute Gasteiger partial charge is 0.185 e. The molecular weight excluding hydrogens is 396 g/mol. The fourth-order valence-electron chi connectivity index (χ4n) is 3.44. The molecule has 3 nitrogen and oxygen atoms in total. The van der Waals surface area contributed by atoms with Crippen LogP contribution in [0.1, 0.15) is 52.4 Å². The van der Waals surface area contributed by atoms with Gasteiger partial charge in [0.05, 0.1) is 7.11 Å². The highest BCUT2D eigenvalue weighted by molar-refractivity contribution is 6.06. The summed E-state index contributed by atoms with van der Waals surface area (Å²) in [6.45, 7) is 8.45. The summed E-state index contributed by atoms with van der Waals surface area (Å²) in [5.74, 6) is 2.00. The van der Waals surface area contributed by atoms with Crippen molar-refractivity contribution < 1.29 is 14.3 Å². The summed E-state index contributed by atoms with van der Waals surface area (Å²) in [6, 6.07) is 21.5. The van der Waals surface area contributed by atoms with Gasteiger partial charge < -0.3 is 9.47 Å². The Hall–Kier alpha value is -3.59. The van der Waals surface area contributed by atoms with Gasteiger partial charge in [0.25, 0.3) is 0 Å². The lowest BCUT2D eigenvalue weighted by Gasteiger charge is -2.13. The molecule has 0 heterocycles. The van der Waals surface area contributed by atoms with Gasteiger partial charge in [0.1, 0.15) is 18.1 Å². The highest BCUT2D eigenvalue weighted by Gasteiger charge is 2.08. The first-order valence-electron chi connectivity index (χ1n) is 10.8. The van der Waals surface area contributed by atoms with Gasteiger partial charge in [-0.05, 0) is 53.3 Å². The van der Waals surface area contributed by atoms with Crippen molar-refractivity contribution in [2.24, 2.45) is 0 Å². The van der Waals surface area contributed by atoms with Crippen LogP contribution in [-0.4, -0.2) is 12.9 Å². The minimum Gasteiger partial charge on any atom is -0.496 e. The molecule has 0 aliphatic carbocycles. The molecule has 32 heavy (non-hydrogen) atoms. The van der Waals surface area contributed by atoms with Gasteiger partial charge in [0.15, 0.2) is 5.78 Å². The predicted octanol–water partition coefficient (Wildman–Crippen LogP) is 7.02. The third kappa shape index (κ3) is 5.98. The fraction of sp³-hybridized carbons (Fsp3) is 0.207. The van der Waals surface area contributed by atoms with E-state index in [4.69, 9.17) is 9.47 Å². The monoisotopic (exact) mass is 426 g/mol. The summed E-state index contributed by atoms with van der Waals surface area (Å²) in [5, 5.41) is 0. The summed E-state index contributed by atoms with van der Waals surface area (Å²) < 4.78 is 11.6. The number of hydrogen-bond acceptors (Lipinski definition) is 3. The molecule has 0 atom stereocenters. The molecule has 0 fully saturated rings. The molecule has 0 amide bonds. The topological polar surface area (TPSA) is 35.5 Å². The van der Waals surface area contributed by atoms with Crippen LogP contribution >= 0.6 is 0 Å². The minimum absolute atomic E-state index is 0.0210. The molecule has 164 valence electrons. The van der Waals surface area contributed by atoms with E-state index in [0.717, 1.165) is 34.6 Å². The second-order valence-electron chi connectivity index (χ2n) is 7.93. The van der Waals surface area contributed by atoms with Crippen LogP contribution in [0.5, 0.6) is 11.5 Å². The molecule has 3 aromatic rings. The number of carbonyl (C=O) groups is 1. The maximum Gasteiger partial charge on any atom is 0.185 e. The van der Waals surface area contributed by atoms with Crippen LogP contribution in [-0.2, 0) is 13.0 Å². The minimum atomic E-state index is -0.0210. The van der Waals surface area contributed by atoms with Crippen LogP contribution in [0, 0.1) is 0 Å². The molecule has 0 aliphatic rings. The Kier molecular flexibility index (Phi) is 8.04. The Morgan fingerprint density at radius 3 is 2.41 bits per heavy atom. The van der Waals surface area contributed by atoms with E-state index < -0.39 is 0 Å². The molecule has 0 spiro atoms. The molecule has 3 aromatic carbocycles. The summed E-state index contributed by atoms with van der Waals surface area (Å²) in [7, 11) is 1.64. The number of methoxy groups -OCH3 is 1. The van der Waals surface area contributed by atoms with Gasteiger partial charge in [0.2, 0.25) is 0 Å².